The molecule has 0 spiro atoms. The van der Waals surface area contributed by atoms with Gasteiger partial charge in [-0.25, -0.2) is 5.01 Å². The Balaban J connectivity index is 2.09. The minimum absolute atomic E-state index is 0.0389. The predicted octanol–water partition coefficient (Wildman–Crippen LogP) is 1.94. The molecule has 0 fully saturated rings. The van der Waals surface area contributed by atoms with Crippen molar-refractivity contribution in [1.82, 2.24) is 10.3 Å². The van der Waals surface area contributed by atoms with Crippen molar-refractivity contribution in [2.75, 3.05) is 13.7 Å². The van der Waals surface area contributed by atoms with Crippen molar-refractivity contribution in [3.8, 4) is 5.75 Å². The van der Waals surface area contributed by atoms with Gasteiger partial charge in [0.2, 0.25) is 11.8 Å². The molecule has 0 bridgehead atoms. The summed E-state index contributed by atoms with van der Waals surface area (Å²) in [5, 5.41) is 8.47. The number of carbonyl (C=O) groups is 2. The first-order valence-corrected chi connectivity index (χ1v) is 7.85. The number of ether oxygens (including phenoxy) is 1. The highest BCUT2D eigenvalue weighted by atomic mass is 16.5. The monoisotopic (exact) mass is 317 g/mol. The van der Waals surface area contributed by atoms with Crippen LogP contribution in [0, 0.1) is 0 Å². The molecule has 1 unspecified atom stereocenters. The van der Waals surface area contributed by atoms with E-state index in [9.17, 15) is 9.59 Å². The van der Waals surface area contributed by atoms with Gasteiger partial charge in [-0.2, -0.15) is 5.10 Å². The topological polar surface area (TPSA) is 71.0 Å². The van der Waals surface area contributed by atoms with Gasteiger partial charge in [0, 0.05) is 18.9 Å². The first-order chi connectivity index (χ1) is 11.0. The van der Waals surface area contributed by atoms with Crippen LogP contribution >= 0.6 is 0 Å². The maximum atomic E-state index is 12.0. The molecule has 0 saturated carbocycles. The second-order valence-electron chi connectivity index (χ2n) is 5.60. The van der Waals surface area contributed by atoms with Crippen LogP contribution in [-0.2, 0) is 9.59 Å². The third-order valence-corrected chi connectivity index (χ3v) is 3.84. The molecule has 1 N–H and O–H groups in total. The summed E-state index contributed by atoms with van der Waals surface area (Å²) < 4.78 is 5.14. The van der Waals surface area contributed by atoms with Crippen LogP contribution in [0.3, 0.4) is 0 Å². The number of hydrazone groups is 1. The highest BCUT2D eigenvalue weighted by molar-refractivity contribution is 6.04. The third-order valence-electron chi connectivity index (χ3n) is 3.84. The maximum absolute atomic E-state index is 12.0. The highest BCUT2D eigenvalue weighted by Crippen LogP contribution is 2.18. The number of nitrogens with one attached hydrogen (secondary N) is 1. The second-order valence-corrected chi connectivity index (χ2v) is 5.60. The number of benzene rings is 1. The summed E-state index contributed by atoms with van der Waals surface area (Å²) in [5.74, 6) is 0.458. The first-order valence-electron chi connectivity index (χ1n) is 7.85. The van der Waals surface area contributed by atoms with E-state index in [4.69, 9.17) is 4.74 Å². The average molecular weight is 317 g/mol. The largest absolute Gasteiger partial charge is 0.497 e. The number of methoxy groups -OCH3 is 1. The second kappa shape index (κ2) is 7.76. The van der Waals surface area contributed by atoms with E-state index in [1.54, 1.807) is 7.11 Å². The van der Waals surface area contributed by atoms with Gasteiger partial charge in [0.05, 0.1) is 12.8 Å². The van der Waals surface area contributed by atoms with E-state index in [0.717, 1.165) is 23.4 Å². The molecular formula is C17H23N3O3. The summed E-state index contributed by atoms with van der Waals surface area (Å²) in [6, 6.07) is 7.62. The lowest BCUT2D eigenvalue weighted by Crippen LogP contribution is -2.42. The van der Waals surface area contributed by atoms with Crippen molar-refractivity contribution >= 4 is 17.5 Å². The Morgan fingerprint density at radius 1 is 1.35 bits per heavy atom. The Labute approximate surface area is 136 Å². The van der Waals surface area contributed by atoms with Crippen LogP contribution in [0.4, 0.5) is 0 Å². The molecule has 2 rings (SSSR count). The van der Waals surface area contributed by atoms with E-state index in [1.165, 1.54) is 5.01 Å². The molecule has 0 radical (unpaired) electrons. The first kappa shape index (κ1) is 17.0. The minimum atomic E-state index is -0.188. The van der Waals surface area contributed by atoms with Gasteiger partial charge < -0.3 is 10.1 Å². The number of rotatable bonds is 6. The molecule has 124 valence electrons. The number of hydrogen-bond acceptors (Lipinski definition) is 4. The van der Waals surface area contributed by atoms with Crippen LogP contribution < -0.4 is 10.1 Å². The van der Waals surface area contributed by atoms with Crippen LogP contribution in [0.2, 0.25) is 0 Å². The fourth-order valence-electron chi connectivity index (χ4n) is 2.27. The molecule has 6 heteroatoms. The predicted molar refractivity (Wildman–Crippen MR) is 88.4 cm³/mol. The Hall–Kier alpha value is -2.37. The van der Waals surface area contributed by atoms with Gasteiger partial charge in [-0.05, 0) is 43.2 Å². The van der Waals surface area contributed by atoms with E-state index in [1.807, 2.05) is 38.1 Å². The van der Waals surface area contributed by atoms with E-state index >= 15 is 0 Å². The minimum Gasteiger partial charge on any atom is -0.497 e. The summed E-state index contributed by atoms with van der Waals surface area (Å²) in [6.07, 6.45) is 1.79. The Morgan fingerprint density at radius 3 is 2.65 bits per heavy atom. The van der Waals surface area contributed by atoms with Gasteiger partial charge in [0.15, 0.2) is 0 Å². The standard InChI is InChI=1S/C17H23N3O3/c1-4-12(2)18-16(21)11-20-17(22)10-9-15(19-20)13-5-7-14(23-3)8-6-13/h5-8,12H,4,9-11H2,1-3H3,(H,18,21). The quantitative estimate of drug-likeness (QED) is 0.871. The summed E-state index contributed by atoms with van der Waals surface area (Å²) in [5.41, 5.74) is 1.74. The van der Waals surface area contributed by atoms with Crippen molar-refractivity contribution in [2.45, 2.75) is 39.2 Å². The lowest BCUT2D eigenvalue weighted by Gasteiger charge is -2.24. The van der Waals surface area contributed by atoms with Gasteiger partial charge in [0.1, 0.15) is 12.3 Å². The summed E-state index contributed by atoms with van der Waals surface area (Å²) >= 11 is 0. The van der Waals surface area contributed by atoms with E-state index < -0.39 is 0 Å². The fraction of sp³-hybridized carbons (Fsp3) is 0.471. The summed E-state index contributed by atoms with van der Waals surface area (Å²) in [7, 11) is 1.61. The smallest absolute Gasteiger partial charge is 0.243 e. The zero-order valence-corrected chi connectivity index (χ0v) is 13.8. The number of carbonyl (C=O) groups excluding carboxylic acids is 2. The normalized spacial score (nSPS) is 15.9. The van der Waals surface area contributed by atoms with E-state index in [-0.39, 0.29) is 24.4 Å². The van der Waals surface area contributed by atoms with Crippen molar-refractivity contribution in [2.24, 2.45) is 5.10 Å². The molecule has 6 nitrogen and oxygen atoms in total. The molecule has 23 heavy (non-hydrogen) atoms. The molecule has 1 heterocycles. The Kier molecular flexibility index (Phi) is 5.73. The third kappa shape index (κ3) is 4.55. The Bertz CT molecular complexity index is 596. The van der Waals surface area contributed by atoms with Gasteiger partial charge >= 0.3 is 0 Å². The molecule has 0 saturated heterocycles. The molecule has 2 amide bonds. The average Bonchev–Trinajstić information content (AvgIpc) is 2.56. The molecule has 0 aromatic heterocycles. The number of hydrogen-bond donors (Lipinski definition) is 1. The van der Waals surface area contributed by atoms with E-state index in [0.29, 0.717) is 12.8 Å². The molecule has 1 aliphatic rings. The van der Waals surface area contributed by atoms with Crippen LogP contribution in [0.15, 0.2) is 29.4 Å². The zero-order chi connectivity index (χ0) is 16.8. The fourth-order valence-corrected chi connectivity index (χ4v) is 2.27. The maximum Gasteiger partial charge on any atom is 0.243 e. The van der Waals surface area contributed by atoms with Gasteiger partial charge in [-0.3, -0.25) is 9.59 Å². The van der Waals surface area contributed by atoms with E-state index in [2.05, 4.69) is 10.4 Å². The number of amides is 2. The van der Waals surface area contributed by atoms with Crippen molar-refractivity contribution < 1.29 is 14.3 Å². The molecule has 1 aromatic carbocycles. The van der Waals surface area contributed by atoms with Gasteiger partial charge in [0.25, 0.3) is 0 Å². The molecule has 1 atom stereocenters. The van der Waals surface area contributed by atoms with Gasteiger partial charge in [-0.1, -0.05) is 6.92 Å². The van der Waals surface area contributed by atoms with Crippen LogP contribution in [-0.4, -0.2) is 42.2 Å². The van der Waals surface area contributed by atoms with Gasteiger partial charge in [-0.15, -0.1) is 0 Å². The SMILES string of the molecule is CCC(C)NC(=O)CN1N=C(c2ccc(OC)cc2)CCC1=O. The van der Waals surface area contributed by atoms with Crippen LogP contribution in [0.1, 0.15) is 38.7 Å². The zero-order valence-electron chi connectivity index (χ0n) is 13.8. The molecule has 1 aliphatic heterocycles. The Morgan fingerprint density at radius 2 is 2.04 bits per heavy atom. The van der Waals surface area contributed by atoms with Crippen LogP contribution in [0.25, 0.3) is 0 Å². The van der Waals surface area contributed by atoms with Crippen molar-refractivity contribution in [1.29, 1.82) is 0 Å². The molecular weight excluding hydrogens is 294 g/mol. The lowest BCUT2D eigenvalue weighted by atomic mass is 10.0. The van der Waals surface area contributed by atoms with Crippen molar-refractivity contribution in [3.63, 3.8) is 0 Å². The number of nitrogens with zero attached hydrogens (tertiary/aromatic N) is 2. The molecule has 0 aliphatic carbocycles. The van der Waals surface area contributed by atoms with Crippen LogP contribution in [0.5, 0.6) is 5.75 Å². The van der Waals surface area contributed by atoms with Crippen molar-refractivity contribution in [3.05, 3.63) is 29.8 Å². The summed E-state index contributed by atoms with van der Waals surface area (Å²) in [4.78, 5) is 23.9. The highest BCUT2D eigenvalue weighted by Gasteiger charge is 2.23. The summed E-state index contributed by atoms with van der Waals surface area (Å²) in [6.45, 7) is 3.89. The lowest BCUT2D eigenvalue weighted by molar-refractivity contribution is -0.136. The molecule has 1 aromatic rings.